The molecule has 0 aromatic rings. The van der Waals surface area contributed by atoms with Crippen molar-refractivity contribution in [1.29, 1.82) is 0 Å². The largest absolute Gasteiger partial charge is 0.396 e. The molecule has 1 fully saturated rings. The Morgan fingerprint density at radius 2 is 2.00 bits per heavy atom. The Morgan fingerprint density at radius 1 is 1.28 bits per heavy atom. The summed E-state index contributed by atoms with van der Waals surface area (Å²) in [6.07, 6.45) is 9.19. The third-order valence-electron chi connectivity index (χ3n) is 4.19. The summed E-state index contributed by atoms with van der Waals surface area (Å²) >= 11 is 0. The number of hydrogen-bond donors (Lipinski definition) is 2. The average Bonchev–Trinajstić information content (AvgIpc) is 2.43. The first-order valence-electron chi connectivity index (χ1n) is 7.63. The first-order chi connectivity index (χ1) is 8.70. The van der Waals surface area contributed by atoms with Crippen LogP contribution in [0.3, 0.4) is 0 Å². The van der Waals surface area contributed by atoms with E-state index in [1.807, 2.05) is 0 Å². The summed E-state index contributed by atoms with van der Waals surface area (Å²) < 4.78 is 5.88. The van der Waals surface area contributed by atoms with Crippen LogP contribution in [0.15, 0.2) is 0 Å². The van der Waals surface area contributed by atoms with Gasteiger partial charge in [0.15, 0.2) is 0 Å². The molecule has 3 nitrogen and oxygen atoms in total. The van der Waals surface area contributed by atoms with Crippen LogP contribution in [-0.4, -0.2) is 37.5 Å². The Kier molecular flexibility index (Phi) is 7.87. The van der Waals surface area contributed by atoms with E-state index in [1.165, 1.54) is 32.1 Å². The summed E-state index contributed by atoms with van der Waals surface area (Å²) in [5, 5.41) is 12.7. The van der Waals surface area contributed by atoms with Crippen molar-refractivity contribution in [1.82, 2.24) is 5.32 Å². The van der Waals surface area contributed by atoms with Gasteiger partial charge < -0.3 is 15.2 Å². The van der Waals surface area contributed by atoms with Crippen molar-refractivity contribution in [3.05, 3.63) is 0 Å². The normalized spacial score (nSPS) is 20.8. The van der Waals surface area contributed by atoms with Crippen LogP contribution in [0.1, 0.15) is 58.8 Å². The lowest BCUT2D eigenvalue weighted by Gasteiger charge is -2.26. The Hall–Kier alpha value is -0.120. The molecule has 0 aliphatic heterocycles. The molecule has 0 aromatic heterocycles. The van der Waals surface area contributed by atoms with Gasteiger partial charge in [-0.05, 0) is 32.2 Å². The second-order valence-electron chi connectivity index (χ2n) is 5.98. The lowest BCUT2D eigenvalue weighted by atomic mass is 9.89. The molecule has 2 N–H and O–H groups in total. The predicted molar refractivity (Wildman–Crippen MR) is 75.8 cm³/mol. The number of aliphatic hydroxyl groups is 1. The van der Waals surface area contributed by atoms with E-state index in [0.29, 0.717) is 6.10 Å². The molecule has 1 saturated carbocycles. The predicted octanol–water partition coefficient (Wildman–Crippen LogP) is 2.72. The van der Waals surface area contributed by atoms with Crippen LogP contribution in [-0.2, 0) is 4.74 Å². The minimum Gasteiger partial charge on any atom is -0.396 e. The maximum Gasteiger partial charge on any atom is 0.0575 e. The smallest absolute Gasteiger partial charge is 0.0575 e. The van der Waals surface area contributed by atoms with Gasteiger partial charge in [-0.15, -0.1) is 0 Å². The van der Waals surface area contributed by atoms with Crippen molar-refractivity contribution in [3.63, 3.8) is 0 Å². The number of hydrogen-bond acceptors (Lipinski definition) is 3. The van der Waals surface area contributed by atoms with E-state index in [2.05, 4.69) is 19.2 Å². The molecule has 1 rings (SSSR count). The maximum absolute atomic E-state index is 9.29. The minimum atomic E-state index is 0.0320. The van der Waals surface area contributed by atoms with Crippen molar-refractivity contribution in [2.24, 2.45) is 5.41 Å². The fourth-order valence-electron chi connectivity index (χ4n) is 2.36. The van der Waals surface area contributed by atoms with E-state index < -0.39 is 0 Å². The van der Waals surface area contributed by atoms with Crippen molar-refractivity contribution in [2.45, 2.75) is 64.9 Å². The van der Waals surface area contributed by atoms with E-state index in [4.69, 9.17) is 4.74 Å². The van der Waals surface area contributed by atoms with Gasteiger partial charge >= 0.3 is 0 Å². The highest BCUT2D eigenvalue weighted by molar-refractivity contribution is 4.74. The van der Waals surface area contributed by atoms with E-state index in [9.17, 15) is 5.11 Å². The van der Waals surface area contributed by atoms with Crippen LogP contribution < -0.4 is 5.32 Å². The molecule has 0 spiro atoms. The molecular weight excluding hydrogens is 226 g/mol. The van der Waals surface area contributed by atoms with Gasteiger partial charge in [0.25, 0.3) is 0 Å². The molecule has 1 aliphatic carbocycles. The molecule has 0 bridgehead atoms. The van der Waals surface area contributed by atoms with Gasteiger partial charge in [-0.2, -0.15) is 0 Å². The third-order valence-corrected chi connectivity index (χ3v) is 4.19. The van der Waals surface area contributed by atoms with Crippen LogP contribution >= 0.6 is 0 Å². The van der Waals surface area contributed by atoms with Crippen LogP contribution in [0.2, 0.25) is 0 Å². The van der Waals surface area contributed by atoms with Gasteiger partial charge in [0.1, 0.15) is 0 Å². The summed E-state index contributed by atoms with van der Waals surface area (Å²) in [6.45, 7) is 7.27. The topological polar surface area (TPSA) is 41.5 Å². The zero-order valence-electron chi connectivity index (χ0n) is 12.2. The number of rotatable bonds is 9. The van der Waals surface area contributed by atoms with Gasteiger partial charge in [-0.25, -0.2) is 0 Å². The van der Waals surface area contributed by atoms with E-state index in [1.54, 1.807) is 0 Å². The zero-order valence-corrected chi connectivity index (χ0v) is 12.2. The quantitative estimate of drug-likeness (QED) is 0.624. The summed E-state index contributed by atoms with van der Waals surface area (Å²) in [4.78, 5) is 0. The first-order valence-corrected chi connectivity index (χ1v) is 7.63. The van der Waals surface area contributed by atoms with Crippen LogP contribution in [0, 0.1) is 5.41 Å². The number of ether oxygens (including phenoxy) is 1. The molecule has 1 unspecified atom stereocenters. The summed E-state index contributed by atoms with van der Waals surface area (Å²) in [7, 11) is 0. The highest BCUT2D eigenvalue weighted by Gasteiger charge is 2.19. The molecule has 0 heterocycles. The first kappa shape index (κ1) is 15.9. The Bertz CT molecular complexity index is 199. The molecule has 0 amide bonds. The molecule has 1 atom stereocenters. The van der Waals surface area contributed by atoms with Gasteiger partial charge in [0.05, 0.1) is 6.10 Å². The van der Waals surface area contributed by atoms with Crippen LogP contribution in [0.4, 0.5) is 0 Å². The summed E-state index contributed by atoms with van der Waals surface area (Å²) in [6, 6.07) is 0. The second-order valence-corrected chi connectivity index (χ2v) is 5.98. The van der Waals surface area contributed by atoms with Crippen molar-refractivity contribution < 1.29 is 9.84 Å². The SMILES string of the molecule is CCC(C)(CO)CNCCCOC1CCCCC1. The molecule has 108 valence electrons. The lowest BCUT2D eigenvalue weighted by molar-refractivity contribution is 0.0269. The highest BCUT2D eigenvalue weighted by Crippen LogP contribution is 2.20. The average molecular weight is 257 g/mol. The van der Waals surface area contributed by atoms with E-state index in [-0.39, 0.29) is 12.0 Å². The summed E-state index contributed by atoms with van der Waals surface area (Å²) in [5.74, 6) is 0. The maximum atomic E-state index is 9.29. The van der Waals surface area contributed by atoms with E-state index in [0.717, 1.165) is 32.5 Å². The van der Waals surface area contributed by atoms with E-state index >= 15 is 0 Å². The monoisotopic (exact) mass is 257 g/mol. The molecule has 1 aliphatic rings. The third kappa shape index (κ3) is 6.17. The lowest BCUT2D eigenvalue weighted by Crippen LogP contribution is -2.35. The zero-order chi connectivity index (χ0) is 13.3. The van der Waals surface area contributed by atoms with Gasteiger partial charge in [0, 0.05) is 25.2 Å². The summed E-state index contributed by atoms with van der Waals surface area (Å²) in [5.41, 5.74) is 0.0320. The van der Waals surface area contributed by atoms with Crippen molar-refractivity contribution >= 4 is 0 Å². The minimum absolute atomic E-state index is 0.0320. The molecule has 0 radical (unpaired) electrons. The Labute approximate surface area is 112 Å². The molecule has 0 aromatic carbocycles. The van der Waals surface area contributed by atoms with Gasteiger partial charge in [-0.3, -0.25) is 0 Å². The molecule has 0 saturated heterocycles. The fraction of sp³-hybridized carbons (Fsp3) is 1.00. The van der Waals surface area contributed by atoms with Gasteiger partial charge in [0.2, 0.25) is 0 Å². The molecule has 3 heteroatoms. The second kappa shape index (κ2) is 8.89. The van der Waals surface area contributed by atoms with Crippen molar-refractivity contribution in [3.8, 4) is 0 Å². The van der Waals surface area contributed by atoms with Crippen molar-refractivity contribution in [2.75, 3.05) is 26.3 Å². The highest BCUT2D eigenvalue weighted by atomic mass is 16.5. The van der Waals surface area contributed by atoms with Gasteiger partial charge in [-0.1, -0.05) is 33.1 Å². The fourth-order valence-corrected chi connectivity index (χ4v) is 2.36. The molecular formula is C15H31NO2. The van der Waals surface area contributed by atoms with Crippen LogP contribution in [0.25, 0.3) is 0 Å². The number of aliphatic hydroxyl groups excluding tert-OH is 1. The Morgan fingerprint density at radius 3 is 2.61 bits per heavy atom. The standard InChI is InChI=1S/C15H31NO2/c1-3-15(2,13-17)12-16-10-7-11-18-14-8-5-4-6-9-14/h14,16-17H,3-13H2,1-2H3. The molecule has 18 heavy (non-hydrogen) atoms. The van der Waals surface area contributed by atoms with Crippen LogP contribution in [0.5, 0.6) is 0 Å². The Balaban J connectivity index is 1.95. The number of nitrogens with one attached hydrogen (secondary N) is 1.